The Balaban J connectivity index is 0.00000208. The summed E-state index contributed by atoms with van der Waals surface area (Å²) in [5.74, 6) is -2.76. The molecule has 0 unspecified atom stereocenters. The Kier molecular flexibility index (Phi) is 5.65. The fraction of sp³-hybridized carbons (Fsp3) is 0.929. The summed E-state index contributed by atoms with van der Waals surface area (Å²) in [4.78, 5) is 12.2. The molecule has 3 aliphatic rings. The Hall–Kier alpha value is -0.690. The summed E-state index contributed by atoms with van der Waals surface area (Å²) in [6.07, 6.45) is -5.58. The lowest BCUT2D eigenvalue weighted by Gasteiger charge is -2.55. The van der Waals surface area contributed by atoms with Crippen LogP contribution in [-0.2, 0) is 19.0 Å². The van der Waals surface area contributed by atoms with Crippen LogP contribution in [0.25, 0.3) is 0 Å². The zero-order valence-corrected chi connectivity index (χ0v) is 13.8. The van der Waals surface area contributed by atoms with E-state index in [0.717, 1.165) is 0 Å². The Labute approximate surface area is 139 Å². The number of nitrogens with one attached hydrogen (secondary N) is 2. The largest absolute Gasteiger partial charge is 0.412 e. The number of rotatable bonds is 2. The molecule has 0 amide bonds. The minimum atomic E-state index is -2.23. The van der Waals surface area contributed by atoms with E-state index in [1.807, 2.05) is 0 Å². The molecule has 10 nitrogen and oxygen atoms in total. The van der Waals surface area contributed by atoms with Crippen molar-refractivity contribution < 1.29 is 39.8 Å². The van der Waals surface area contributed by atoms with E-state index < -0.39 is 60.5 Å². The van der Waals surface area contributed by atoms with Crippen LogP contribution in [0.1, 0.15) is 13.3 Å². The van der Waals surface area contributed by atoms with E-state index >= 15 is 0 Å². The van der Waals surface area contributed by atoms with E-state index in [1.54, 1.807) is 21.0 Å². The first kappa shape index (κ1) is 19.6. The van der Waals surface area contributed by atoms with Gasteiger partial charge in [-0.15, -0.1) is 0 Å². The number of ketones is 1. The van der Waals surface area contributed by atoms with Gasteiger partial charge in [0, 0.05) is 6.42 Å². The smallest absolute Gasteiger partial charge is 0.280 e. The highest BCUT2D eigenvalue weighted by Gasteiger charge is 2.63. The average molecular weight is 350 g/mol. The molecule has 0 bridgehead atoms. The first-order valence-electron chi connectivity index (χ1n) is 7.78. The third kappa shape index (κ3) is 2.77. The fourth-order valence-electron chi connectivity index (χ4n) is 3.68. The van der Waals surface area contributed by atoms with Crippen LogP contribution in [0.15, 0.2) is 0 Å². The van der Waals surface area contributed by atoms with Crippen molar-refractivity contribution in [3.05, 3.63) is 0 Å². The number of fused-ring (bicyclic) bond motifs is 2. The van der Waals surface area contributed by atoms with Crippen molar-refractivity contribution in [1.82, 2.24) is 10.6 Å². The summed E-state index contributed by atoms with van der Waals surface area (Å²) in [6, 6.07) is -1.29. The lowest BCUT2D eigenvalue weighted by atomic mass is 9.80. The molecular formula is C14H26N2O8. The van der Waals surface area contributed by atoms with Crippen molar-refractivity contribution in [1.29, 1.82) is 0 Å². The van der Waals surface area contributed by atoms with Gasteiger partial charge in [0.15, 0.2) is 5.78 Å². The van der Waals surface area contributed by atoms with Crippen molar-refractivity contribution in [3.63, 3.8) is 0 Å². The van der Waals surface area contributed by atoms with Crippen molar-refractivity contribution in [2.24, 2.45) is 0 Å². The molecule has 7 N–H and O–H groups in total. The van der Waals surface area contributed by atoms with Crippen LogP contribution in [0.4, 0.5) is 0 Å². The topological polar surface area (TPSA) is 161 Å². The summed E-state index contributed by atoms with van der Waals surface area (Å²) in [5, 5.41) is 37.2. The molecule has 0 aromatic carbocycles. The zero-order valence-electron chi connectivity index (χ0n) is 13.8. The number of ether oxygens (including phenoxy) is 3. The second kappa shape index (κ2) is 6.90. The quantitative estimate of drug-likeness (QED) is 0.337. The predicted octanol–water partition coefficient (Wildman–Crippen LogP) is -3.75. The Morgan fingerprint density at radius 1 is 1.08 bits per heavy atom. The second-order valence-corrected chi connectivity index (χ2v) is 6.40. The molecule has 0 spiro atoms. The molecule has 10 heteroatoms. The maximum Gasteiger partial charge on any atom is 0.280 e. The number of hydrogen-bond acceptors (Lipinski definition) is 9. The van der Waals surface area contributed by atoms with Crippen LogP contribution in [0, 0.1) is 0 Å². The maximum absolute atomic E-state index is 12.2. The Morgan fingerprint density at radius 2 is 1.71 bits per heavy atom. The van der Waals surface area contributed by atoms with Crippen LogP contribution in [-0.4, -0.2) is 95.4 Å². The molecule has 2 aliphatic heterocycles. The summed E-state index contributed by atoms with van der Waals surface area (Å²) >= 11 is 0. The molecule has 3 rings (SSSR count). The molecule has 140 valence electrons. The van der Waals surface area contributed by atoms with Gasteiger partial charge in [-0.05, 0) is 21.0 Å². The van der Waals surface area contributed by atoms with Crippen molar-refractivity contribution >= 4 is 5.78 Å². The van der Waals surface area contributed by atoms with E-state index in [9.17, 15) is 20.1 Å². The van der Waals surface area contributed by atoms with Gasteiger partial charge in [0.2, 0.25) is 6.29 Å². The first-order chi connectivity index (χ1) is 10.8. The van der Waals surface area contributed by atoms with E-state index in [4.69, 9.17) is 14.2 Å². The van der Waals surface area contributed by atoms with Gasteiger partial charge in [0.1, 0.15) is 18.3 Å². The van der Waals surface area contributed by atoms with Crippen LogP contribution < -0.4 is 10.6 Å². The monoisotopic (exact) mass is 350 g/mol. The number of hydrogen-bond donors (Lipinski definition) is 5. The molecule has 24 heavy (non-hydrogen) atoms. The van der Waals surface area contributed by atoms with Gasteiger partial charge in [0.05, 0.1) is 24.3 Å². The number of aliphatic hydroxyl groups excluding tert-OH is 2. The van der Waals surface area contributed by atoms with E-state index in [-0.39, 0.29) is 11.9 Å². The van der Waals surface area contributed by atoms with Gasteiger partial charge in [-0.2, -0.15) is 0 Å². The fourth-order valence-corrected chi connectivity index (χ4v) is 3.68. The lowest BCUT2D eigenvalue weighted by Crippen LogP contribution is -2.77. The summed E-state index contributed by atoms with van der Waals surface area (Å²) in [6.45, 7) is 1.70. The van der Waals surface area contributed by atoms with Crippen LogP contribution in [0.3, 0.4) is 0 Å². The summed E-state index contributed by atoms with van der Waals surface area (Å²) in [5.41, 5.74) is 0. The van der Waals surface area contributed by atoms with Crippen LogP contribution >= 0.6 is 0 Å². The first-order valence-corrected chi connectivity index (χ1v) is 7.78. The summed E-state index contributed by atoms with van der Waals surface area (Å²) in [7, 11) is 3.24. The van der Waals surface area contributed by atoms with E-state index in [0.29, 0.717) is 0 Å². The number of carbonyl (C=O) groups is 1. The average Bonchev–Trinajstić information content (AvgIpc) is 2.49. The van der Waals surface area contributed by atoms with Gasteiger partial charge >= 0.3 is 0 Å². The number of likely N-dealkylation sites (N-methyl/N-ethyl adjacent to an activating group) is 2. The second-order valence-electron chi connectivity index (χ2n) is 6.40. The van der Waals surface area contributed by atoms with E-state index in [1.165, 1.54) is 0 Å². The molecule has 0 radical (unpaired) electrons. The highest BCUT2D eigenvalue weighted by atomic mass is 16.8. The molecule has 9 atom stereocenters. The van der Waals surface area contributed by atoms with Gasteiger partial charge in [-0.3, -0.25) is 4.79 Å². The number of carbonyl (C=O) groups excluding carboxylic acids is 1. The molecule has 1 saturated carbocycles. The minimum absolute atomic E-state index is 0. The van der Waals surface area contributed by atoms with Crippen molar-refractivity contribution in [2.75, 3.05) is 14.1 Å². The highest BCUT2D eigenvalue weighted by Crippen LogP contribution is 2.40. The third-order valence-electron chi connectivity index (χ3n) is 4.93. The predicted molar refractivity (Wildman–Crippen MR) is 80.0 cm³/mol. The van der Waals surface area contributed by atoms with Gasteiger partial charge in [-0.1, -0.05) is 0 Å². The third-order valence-corrected chi connectivity index (χ3v) is 4.93. The normalized spacial score (nSPS) is 51.3. The van der Waals surface area contributed by atoms with Gasteiger partial charge in [0.25, 0.3) is 5.79 Å². The molecule has 1 aliphatic carbocycles. The molecule has 2 heterocycles. The summed E-state index contributed by atoms with van der Waals surface area (Å²) < 4.78 is 16.8. The van der Waals surface area contributed by atoms with Crippen molar-refractivity contribution in [3.8, 4) is 0 Å². The van der Waals surface area contributed by atoms with Crippen LogP contribution in [0.5, 0.6) is 0 Å². The Bertz CT molecular complexity index is 480. The zero-order chi connectivity index (χ0) is 16.9. The Morgan fingerprint density at radius 3 is 2.29 bits per heavy atom. The van der Waals surface area contributed by atoms with E-state index in [2.05, 4.69) is 10.6 Å². The highest BCUT2D eigenvalue weighted by molar-refractivity contribution is 5.87. The van der Waals surface area contributed by atoms with Crippen LogP contribution in [0.2, 0.25) is 0 Å². The van der Waals surface area contributed by atoms with Gasteiger partial charge < -0.3 is 45.6 Å². The SMILES string of the molecule is CN[C@@H]1[C@@H](O)[C@H](NC)[C@H]2O[C@@]3(O)C(=O)C[C@@H](C)O[C@H]3O[C@@H]2[C@H]1O.O. The van der Waals surface area contributed by atoms with Crippen molar-refractivity contribution in [2.45, 2.75) is 68.0 Å². The van der Waals surface area contributed by atoms with Gasteiger partial charge in [-0.25, -0.2) is 0 Å². The molecule has 2 saturated heterocycles. The number of aliphatic hydroxyl groups is 3. The minimum Gasteiger partial charge on any atom is -0.412 e. The molecular weight excluding hydrogens is 324 g/mol. The maximum atomic E-state index is 12.2. The molecule has 3 fully saturated rings. The standard InChI is InChI=1S/C14H24N2O7.H2O/c1-5-4-6(17)14(20)13(21-5)22-12-10(19)7(15-2)9(18)8(16-3)11(12)23-14;/h5,7-13,15-16,18-20H,4H2,1-3H3;1H2/t5-,7-,8+,9-,10+,11-,12-,13+,14+;/m1./s1. The molecule has 0 aromatic heterocycles. The lowest BCUT2D eigenvalue weighted by molar-refractivity contribution is -0.420. The number of Topliss-reactive ketones (excluding diaryl/α,β-unsaturated/α-hetero) is 1. The molecule has 0 aromatic rings.